The lowest BCUT2D eigenvalue weighted by molar-refractivity contribution is 0.646. The molecule has 1 rings (SSSR count). The van der Waals surface area contributed by atoms with Gasteiger partial charge < -0.3 is 10.6 Å². The van der Waals surface area contributed by atoms with Crippen molar-refractivity contribution in [3.8, 4) is 0 Å². The molecule has 0 unspecified atom stereocenters. The summed E-state index contributed by atoms with van der Waals surface area (Å²) >= 11 is 16.9. The van der Waals surface area contributed by atoms with Gasteiger partial charge in [-0.3, -0.25) is 0 Å². The van der Waals surface area contributed by atoms with E-state index in [0.29, 0.717) is 21.2 Å². The molecular weight excluding hydrogens is 263 g/mol. The normalized spacial score (nSPS) is 12.0. The highest BCUT2D eigenvalue weighted by molar-refractivity contribution is 7.80. The van der Waals surface area contributed by atoms with Crippen molar-refractivity contribution in [3.63, 3.8) is 0 Å². The van der Waals surface area contributed by atoms with Gasteiger partial charge >= 0.3 is 0 Å². The Morgan fingerprint density at radius 2 is 2.06 bits per heavy atom. The second-order valence-corrected chi connectivity index (χ2v) is 4.76. The van der Waals surface area contributed by atoms with Gasteiger partial charge in [0.05, 0.1) is 10.0 Å². The molecule has 0 bridgehead atoms. The number of anilines is 1. The van der Waals surface area contributed by atoms with E-state index in [1.54, 1.807) is 12.1 Å². The summed E-state index contributed by atoms with van der Waals surface area (Å²) in [4.78, 5) is 0. The van der Waals surface area contributed by atoms with Crippen molar-refractivity contribution in [2.24, 2.45) is 0 Å². The average Bonchev–Trinajstić information content (AvgIpc) is 2.23. The fourth-order valence-electron chi connectivity index (χ4n) is 1.07. The summed E-state index contributed by atoms with van der Waals surface area (Å²) in [6, 6.07) is 5.66. The predicted molar refractivity (Wildman–Crippen MR) is 75.6 cm³/mol. The Balaban J connectivity index is 2.59. The molecule has 88 valence electrons. The molecule has 1 aromatic carbocycles. The second kappa shape index (κ2) is 6.28. The van der Waals surface area contributed by atoms with Crippen molar-refractivity contribution >= 4 is 46.2 Å². The van der Waals surface area contributed by atoms with Crippen LogP contribution in [0, 0.1) is 0 Å². The van der Waals surface area contributed by atoms with Crippen LogP contribution in [0.15, 0.2) is 18.2 Å². The largest absolute Gasteiger partial charge is 0.360 e. The molecule has 0 aliphatic carbocycles. The molecule has 0 fully saturated rings. The van der Waals surface area contributed by atoms with Gasteiger partial charge in [0.1, 0.15) is 0 Å². The Bertz CT molecular complexity index is 382. The number of nitrogens with one attached hydrogen (secondary N) is 2. The first-order valence-electron chi connectivity index (χ1n) is 5.05. The van der Waals surface area contributed by atoms with Crippen molar-refractivity contribution < 1.29 is 0 Å². The Hall–Kier alpha value is -0.510. The fraction of sp³-hybridized carbons (Fsp3) is 0.364. The van der Waals surface area contributed by atoms with E-state index in [2.05, 4.69) is 24.5 Å². The van der Waals surface area contributed by atoms with Crippen LogP contribution in [0.1, 0.15) is 20.3 Å². The van der Waals surface area contributed by atoms with E-state index in [-0.39, 0.29) is 0 Å². The molecule has 0 spiro atoms. The van der Waals surface area contributed by atoms with Crippen LogP contribution in [-0.2, 0) is 0 Å². The Morgan fingerprint density at radius 3 is 2.62 bits per heavy atom. The van der Waals surface area contributed by atoms with Crippen LogP contribution in [0.25, 0.3) is 0 Å². The van der Waals surface area contributed by atoms with Gasteiger partial charge in [-0.2, -0.15) is 0 Å². The number of hydrogen-bond donors (Lipinski definition) is 2. The lowest BCUT2D eigenvalue weighted by Crippen LogP contribution is -2.35. The van der Waals surface area contributed by atoms with Crippen molar-refractivity contribution in [1.29, 1.82) is 0 Å². The Labute approximate surface area is 111 Å². The van der Waals surface area contributed by atoms with Crippen LogP contribution in [0.5, 0.6) is 0 Å². The smallest absolute Gasteiger partial charge is 0.170 e. The van der Waals surface area contributed by atoms with Crippen LogP contribution in [-0.4, -0.2) is 11.2 Å². The maximum atomic E-state index is 5.89. The summed E-state index contributed by atoms with van der Waals surface area (Å²) in [6.45, 7) is 4.17. The van der Waals surface area contributed by atoms with Gasteiger partial charge in [0, 0.05) is 11.7 Å². The maximum absolute atomic E-state index is 5.89. The zero-order chi connectivity index (χ0) is 12.1. The van der Waals surface area contributed by atoms with E-state index in [1.807, 2.05) is 6.07 Å². The van der Waals surface area contributed by atoms with Gasteiger partial charge in [0.25, 0.3) is 0 Å². The SMILES string of the molecule is CC[C@@H](C)NC(=S)Nc1ccc(Cl)c(Cl)c1. The number of thiocarbonyl (C=S) groups is 1. The molecule has 2 nitrogen and oxygen atoms in total. The highest BCUT2D eigenvalue weighted by atomic mass is 35.5. The second-order valence-electron chi connectivity index (χ2n) is 3.54. The monoisotopic (exact) mass is 276 g/mol. The Kier molecular flexibility index (Phi) is 5.32. The number of rotatable bonds is 3. The summed E-state index contributed by atoms with van der Waals surface area (Å²) in [5.41, 5.74) is 0.829. The van der Waals surface area contributed by atoms with Gasteiger partial charge in [-0.15, -0.1) is 0 Å². The quantitative estimate of drug-likeness (QED) is 0.814. The summed E-state index contributed by atoms with van der Waals surface area (Å²) in [7, 11) is 0. The molecule has 0 aliphatic heterocycles. The summed E-state index contributed by atoms with van der Waals surface area (Å²) in [5.74, 6) is 0. The predicted octanol–water partition coefficient (Wildman–Crippen LogP) is 4.08. The van der Waals surface area contributed by atoms with E-state index in [1.165, 1.54) is 0 Å². The molecule has 1 atom stereocenters. The van der Waals surface area contributed by atoms with Crippen molar-refractivity contribution in [2.75, 3.05) is 5.32 Å². The first-order chi connectivity index (χ1) is 7.52. The van der Waals surface area contributed by atoms with Crippen LogP contribution < -0.4 is 10.6 Å². The fourth-order valence-corrected chi connectivity index (χ4v) is 1.68. The Morgan fingerprint density at radius 1 is 1.38 bits per heavy atom. The topological polar surface area (TPSA) is 24.1 Å². The van der Waals surface area contributed by atoms with Gasteiger partial charge in [-0.25, -0.2) is 0 Å². The number of hydrogen-bond acceptors (Lipinski definition) is 1. The first-order valence-corrected chi connectivity index (χ1v) is 6.22. The zero-order valence-corrected chi connectivity index (χ0v) is 11.5. The number of halogens is 2. The molecule has 0 aromatic heterocycles. The minimum Gasteiger partial charge on any atom is -0.360 e. The molecule has 0 radical (unpaired) electrons. The third-order valence-electron chi connectivity index (χ3n) is 2.17. The highest BCUT2D eigenvalue weighted by Crippen LogP contribution is 2.24. The molecule has 5 heteroatoms. The van der Waals surface area contributed by atoms with E-state index in [4.69, 9.17) is 35.4 Å². The van der Waals surface area contributed by atoms with E-state index >= 15 is 0 Å². The van der Waals surface area contributed by atoms with Crippen molar-refractivity contribution in [1.82, 2.24) is 5.32 Å². The highest BCUT2D eigenvalue weighted by Gasteiger charge is 2.03. The molecule has 0 amide bonds. The van der Waals surface area contributed by atoms with Gasteiger partial charge in [-0.1, -0.05) is 30.1 Å². The summed E-state index contributed by atoms with van der Waals surface area (Å²) < 4.78 is 0. The molecule has 16 heavy (non-hydrogen) atoms. The molecule has 0 heterocycles. The van der Waals surface area contributed by atoms with Crippen LogP contribution >= 0.6 is 35.4 Å². The number of benzene rings is 1. The van der Waals surface area contributed by atoms with Crippen LogP contribution in [0.3, 0.4) is 0 Å². The molecule has 2 N–H and O–H groups in total. The van der Waals surface area contributed by atoms with Crippen molar-refractivity contribution in [2.45, 2.75) is 26.3 Å². The lowest BCUT2D eigenvalue weighted by atomic mass is 10.3. The molecule has 0 saturated carbocycles. The zero-order valence-electron chi connectivity index (χ0n) is 9.18. The summed E-state index contributed by atoms with van der Waals surface area (Å²) in [5, 5.41) is 7.85. The van der Waals surface area contributed by atoms with E-state index < -0.39 is 0 Å². The van der Waals surface area contributed by atoms with Crippen LogP contribution in [0.2, 0.25) is 10.0 Å². The van der Waals surface area contributed by atoms with E-state index in [0.717, 1.165) is 12.1 Å². The van der Waals surface area contributed by atoms with Crippen LogP contribution in [0.4, 0.5) is 5.69 Å². The maximum Gasteiger partial charge on any atom is 0.170 e. The third-order valence-corrected chi connectivity index (χ3v) is 3.13. The van der Waals surface area contributed by atoms with E-state index in [9.17, 15) is 0 Å². The average molecular weight is 277 g/mol. The first kappa shape index (κ1) is 13.6. The molecule has 0 aliphatic rings. The minimum absolute atomic E-state index is 0.350. The van der Waals surface area contributed by atoms with Crippen molar-refractivity contribution in [3.05, 3.63) is 28.2 Å². The lowest BCUT2D eigenvalue weighted by Gasteiger charge is -2.15. The van der Waals surface area contributed by atoms with Gasteiger partial charge in [0.15, 0.2) is 5.11 Å². The third kappa shape index (κ3) is 4.16. The standard InChI is InChI=1S/C11H14Cl2N2S/c1-3-7(2)14-11(16)15-8-4-5-9(12)10(13)6-8/h4-7H,3H2,1-2H3,(H2,14,15,16)/t7-/m1/s1. The summed E-state index contributed by atoms with van der Waals surface area (Å²) in [6.07, 6.45) is 1.02. The molecule has 0 saturated heterocycles. The molecule has 1 aromatic rings. The molecular formula is C11H14Cl2N2S. The minimum atomic E-state index is 0.350. The van der Waals surface area contributed by atoms with Gasteiger partial charge in [-0.05, 0) is 43.8 Å². The van der Waals surface area contributed by atoms with Gasteiger partial charge in [0.2, 0.25) is 0 Å².